The van der Waals surface area contributed by atoms with E-state index in [1.54, 1.807) is 31.7 Å². The van der Waals surface area contributed by atoms with Crippen LogP contribution in [0.25, 0.3) is 11.0 Å². The average Bonchev–Trinajstić information content (AvgIpc) is 2.75. The molecular formula is C24H32N2O7. The molecule has 1 aromatic carbocycles. The number of carbonyl (C=O) groups is 2. The van der Waals surface area contributed by atoms with E-state index in [4.69, 9.17) is 13.9 Å². The molecule has 3 rings (SSSR count). The molecule has 2 aromatic rings. The van der Waals surface area contributed by atoms with E-state index in [-0.39, 0.29) is 30.3 Å². The van der Waals surface area contributed by atoms with Crippen molar-refractivity contribution in [2.45, 2.75) is 53.2 Å². The molecule has 0 atom stereocenters. The second-order valence-corrected chi connectivity index (χ2v) is 8.49. The number of hydrogen-bond acceptors (Lipinski definition) is 8. The van der Waals surface area contributed by atoms with Crippen LogP contribution in [0.1, 0.15) is 43.9 Å². The summed E-state index contributed by atoms with van der Waals surface area (Å²) in [5, 5.41) is 11.8. The number of aromatic hydroxyl groups is 1. The summed E-state index contributed by atoms with van der Waals surface area (Å²) in [5.74, 6) is -0.320. The number of rotatable bonds is 7. The Hall–Kier alpha value is -3.07. The molecule has 1 N–H and O–H groups in total. The van der Waals surface area contributed by atoms with E-state index in [1.807, 2.05) is 6.92 Å². The predicted octanol–water partition coefficient (Wildman–Crippen LogP) is 2.97. The maximum atomic E-state index is 12.1. The molecule has 1 amide bonds. The Bertz CT molecular complexity index is 1070. The first-order valence-electron chi connectivity index (χ1n) is 11.3. The molecule has 1 aliphatic heterocycles. The van der Waals surface area contributed by atoms with Crippen molar-refractivity contribution in [1.29, 1.82) is 0 Å². The van der Waals surface area contributed by atoms with Crippen LogP contribution in [0, 0.1) is 6.92 Å². The Kier molecular flexibility index (Phi) is 7.97. The highest BCUT2D eigenvalue weighted by atomic mass is 16.6. The van der Waals surface area contributed by atoms with E-state index in [2.05, 4.69) is 4.90 Å². The lowest BCUT2D eigenvalue weighted by Crippen LogP contribution is -2.48. The number of ether oxygens (including phenoxy) is 2. The van der Waals surface area contributed by atoms with Gasteiger partial charge in [0, 0.05) is 50.6 Å². The molecule has 9 nitrogen and oxygen atoms in total. The second kappa shape index (κ2) is 10.7. The van der Waals surface area contributed by atoms with Gasteiger partial charge in [-0.2, -0.15) is 0 Å². The van der Waals surface area contributed by atoms with E-state index < -0.39 is 5.63 Å². The average molecular weight is 461 g/mol. The number of esters is 1. The number of hydrogen-bond donors (Lipinski definition) is 1. The lowest BCUT2D eigenvalue weighted by molar-refractivity contribution is -0.147. The minimum Gasteiger partial charge on any atom is -0.507 e. The highest BCUT2D eigenvalue weighted by Crippen LogP contribution is 2.34. The largest absolute Gasteiger partial charge is 0.507 e. The molecule has 9 heteroatoms. The van der Waals surface area contributed by atoms with Crippen molar-refractivity contribution in [2.75, 3.05) is 32.8 Å². The lowest BCUT2D eigenvalue weighted by atomic mass is 9.98. The number of fused-ring (bicyclic) bond motifs is 1. The van der Waals surface area contributed by atoms with Gasteiger partial charge in [-0.1, -0.05) is 0 Å². The van der Waals surface area contributed by atoms with Crippen molar-refractivity contribution < 1.29 is 28.6 Å². The summed E-state index contributed by atoms with van der Waals surface area (Å²) >= 11 is 0. The normalized spacial score (nSPS) is 14.6. The van der Waals surface area contributed by atoms with Crippen LogP contribution in [0.15, 0.2) is 21.3 Å². The van der Waals surface area contributed by atoms with Crippen molar-refractivity contribution >= 4 is 23.0 Å². The molecule has 1 aromatic heterocycles. The van der Waals surface area contributed by atoms with Crippen LogP contribution in [-0.2, 0) is 27.2 Å². The fourth-order valence-corrected chi connectivity index (χ4v) is 3.99. The number of phenols is 1. The van der Waals surface area contributed by atoms with Crippen LogP contribution in [0.5, 0.6) is 5.75 Å². The number of carbonyl (C=O) groups excluding carboxylic acids is 2. The van der Waals surface area contributed by atoms with E-state index in [1.165, 1.54) is 6.07 Å². The molecule has 0 bridgehead atoms. The van der Waals surface area contributed by atoms with Gasteiger partial charge in [-0.15, -0.1) is 0 Å². The van der Waals surface area contributed by atoms with Gasteiger partial charge in [-0.3, -0.25) is 9.69 Å². The van der Waals surface area contributed by atoms with Crippen LogP contribution in [0.3, 0.4) is 0 Å². The molecule has 2 heterocycles. The van der Waals surface area contributed by atoms with Crippen molar-refractivity contribution in [3.05, 3.63) is 39.2 Å². The minimum absolute atomic E-state index is 0.0152. The first-order chi connectivity index (χ1) is 15.7. The monoisotopic (exact) mass is 460 g/mol. The zero-order valence-corrected chi connectivity index (χ0v) is 19.7. The van der Waals surface area contributed by atoms with Crippen molar-refractivity contribution in [3.8, 4) is 5.75 Å². The molecule has 1 fully saturated rings. The topological polar surface area (TPSA) is 110 Å². The lowest BCUT2D eigenvalue weighted by Gasteiger charge is -2.34. The third-order valence-corrected chi connectivity index (χ3v) is 5.63. The summed E-state index contributed by atoms with van der Waals surface area (Å²) in [6.45, 7) is 10.0. The van der Waals surface area contributed by atoms with Gasteiger partial charge in [-0.25, -0.2) is 9.59 Å². The van der Waals surface area contributed by atoms with Crippen LogP contribution in [0.2, 0.25) is 0 Å². The molecule has 0 aliphatic carbocycles. The molecule has 1 saturated heterocycles. The third-order valence-electron chi connectivity index (χ3n) is 5.63. The summed E-state index contributed by atoms with van der Waals surface area (Å²) in [7, 11) is 0. The van der Waals surface area contributed by atoms with Crippen LogP contribution >= 0.6 is 0 Å². The Labute approximate surface area is 192 Å². The van der Waals surface area contributed by atoms with Crippen LogP contribution < -0.4 is 5.63 Å². The molecule has 0 radical (unpaired) electrons. The zero-order valence-electron chi connectivity index (χ0n) is 19.7. The second-order valence-electron chi connectivity index (χ2n) is 8.49. The van der Waals surface area contributed by atoms with Crippen molar-refractivity contribution in [2.24, 2.45) is 0 Å². The molecule has 0 unspecified atom stereocenters. The van der Waals surface area contributed by atoms with Gasteiger partial charge in [0.2, 0.25) is 0 Å². The number of aryl methyl sites for hydroxylation is 2. The highest BCUT2D eigenvalue weighted by molar-refractivity contribution is 5.86. The fraction of sp³-hybridized carbons (Fsp3) is 0.542. The first-order valence-corrected chi connectivity index (χ1v) is 11.3. The van der Waals surface area contributed by atoms with E-state index >= 15 is 0 Å². The maximum Gasteiger partial charge on any atom is 0.409 e. The van der Waals surface area contributed by atoms with Crippen molar-refractivity contribution in [1.82, 2.24) is 9.80 Å². The van der Waals surface area contributed by atoms with E-state index in [9.17, 15) is 19.5 Å². The third kappa shape index (κ3) is 6.04. The van der Waals surface area contributed by atoms with Gasteiger partial charge in [-0.05, 0) is 51.3 Å². The van der Waals surface area contributed by atoms with E-state index in [0.717, 1.165) is 10.9 Å². The SMILES string of the molecule is CCOC(=O)N1CCN(Cc2c(O)c(CCC(=O)OC(C)C)cc3c(C)cc(=O)oc23)CC1. The quantitative estimate of drug-likeness (QED) is 0.496. The molecule has 33 heavy (non-hydrogen) atoms. The Morgan fingerprint density at radius 3 is 2.52 bits per heavy atom. The molecular weight excluding hydrogens is 428 g/mol. The van der Waals surface area contributed by atoms with Crippen molar-refractivity contribution in [3.63, 3.8) is 0 Å². The summed E-state index contributed by atoms with van der Waals surface area (Å²) < 4.78 is 15.8. The number of phenolic OH excluding ortho intramolecular Hbond substituents is 1. The number of benzene rings is 1. The minimum atomic E-state index is -0.485. The summed E-state index contributed by atoms with van der Waals surface area (Å²) in [6.07, 6.45) is -0.106. The van der Waals surface area contributed by atoms with Crippen LogP contribution in [-0.4, -0.2) is 65.9 Å². The number of piperazine rings is 1. The number of nitrogens with zero attached hydrogens (tertiary/aromatic N) is 2. The maximum absolute atomic E-state index is 12.1. The molecule has 0 saturated carbocycles. The molecule has 180 valence electrons. The van der Waals surface area contributed by atoms with Gasteiger partial charge >= 0.3 is 17.7 Å². The Morgan fingerprint density at radius 2 is 1.88 bits per heavy atom. The molecule has 1 aliphatic rings. The Balaban J connectivity index is 1.86. The predicted molar refractivity (Wildman–Crippen MR) is 122 cm³/mol. The summed E-state index contributed by atoms with van der Waals surface area (Å²) in [5.41, 5.74) is 1.70. The smallest absolute Gasteiger partial charge is 0.409 e. The summed E-state index contributed by atoms with van der Waals surface area (Å²) in [4.78, 5) is 39.8. The van der Waals surface area contributed by atoms with Gasteiger partial charge in [0.25, 0.3) is 0 Å². The fourth-order valence-electron chi connectivity index (χ4n) is 3.99. The van der Waals surface area contributed by atoms with Gasteiger partial charge in [0.05, 0.1) is 18.3 Å². The Morgan fingerprint density at radius 1 is 1.18 bits per heavy atom. The standard InChI is InChI=1S/C24H32N2O7/c1-5-31-24(30)26-10-8-25(9-11-26)14-19-22(29)17(6-7-20(27)32-15(2)3)13-18-16(4)12-21(28)33-23(18)19/h12-13,15,29H,5-11,14H2,1-4H3. The number of amides is 1. The first kappa shape index (κ1) is 24.6. The van der Waals surface area contributed by atoms with Gasteiger partial charge in [0.1, 0.15) is 11.3 Å². The molecule has 0 spiro atoms. The summed E-state index contributed by atoms with van der Waals surface area (Å²) in [6, 6.07) is 3.19. The van der Waals surface area contributed by atoms with E-state index in [0.29, 0.717) is 62.5 Å². The highest BCUT2D eigenvalue weighted by Gasteiger charge is 2.25. The van der Waals surface area contributed by atoms with Gasteiger partial charge in [0.15, 0.2) is 0 Å². The zero-order chi connectivity index (χ0) is 24.1. The van der Waals surface area contributed by atoms with Gasteiger partial charge < -0.3 is 23.9 Å². The van der Waals surface area contributed by atoms with Crippen LogP contribution in [0.4, 0.5) is 4.79 Å².